The van der Waals surface area contributed by atoms with Crippen LogP contribution in [0.2, 0.25) is 0 Å². The van der Waals surface area contributed by atoms with Gasteiger partial charge in [0.15, 0.2) is 6.29 Å². The summed E-state index contributed by atoms with van der Waals surface area (Å²) in [6.07, 6.45) is -0.589. The zero-order valence-electron chi connectivity index (χ0n) is 6.86. The molecule has 0 amide bonds. The van der Waals surface area contributed by atoms with Crippen LogP contribution in [0.1, 0.15) is 13.8 Å². The number of aliphatic hydroxyl groups is 1. The molecule has 64 valence electrons. The summed E-state index contributed by atoms with van der Waals surface area (Å²) in [5, 5.41) is 9.58. The first kappa shape index (κ1) is 7.53. The Morgan fingerprint density at radius 1 is 1.27 bits per heavy atom. The molecule has 2 rings (SSSR count). The fourth-order valence-electron chi connectivity index (χ4n) is 1.79. The minimum absolute atomic E-state index is 0.207. The van der Waals surface area contributed by atoms with E-state index in [9.17, 15) is 5.11 Å². The van der Waals surface area contributed by atoms with Crippen molar-refractivity contribution in [3.05, 3.63) is 0 Å². The van der Waals surface area contributed by atoms with Crippen LogP contribution < -0.4 is 0 Å². The molecule has 0 aromatic carbocycles. The fourth-order valence-corrected chi connectivity index (χ4v) is 1.79. The number of hydrogen-bond acceptors (Lipinski definition) is 3. The summed E-state index contributed by atoms with van der Waals surface area (Å²) in [6.45, 7) is 4.79. The van der Waals surface area contributed by atoms with Crippen molar-refractivity contribution in [2.75, 3.05) is 6.61 Å². The van der Waals surface area contributed by atoms with Crippen LogP contribution in [0, 0.1) is 11.8 Å². The van der Waals surface area contributed by atoms with E-state index < -0.39 is 6.10 Å². The number of ether oxygens (including phenoxy) is 2. The predicted octanol–water partition coefficient (Wildman–Crippen LogP) is 0.375. The SMILES string of the molecule is C[C@@H]1C2CO[C@H](O2)C(O)[C@H]1C. The number of hydrogen-bond donors (Lipinski definition) is 1. The van der Waals surface area contributed by atoms with E-state index in [1.165, 1.54) is 0 Å². The molecule has 0 radical (unpaired) electrons. The van der Waals surface area contributed by atoms with Gasteiger partial charge in [0.2, 0.25) is 0 Å². The zero-order valence-corrected chi connectivity index (χ0v) is 6.86. The second-order valence-corrected chi connectivity index (χ2v) is 3.59. The molecule has 2 aliphatic heterocycles. The smallest absolute Gasteiger partial charge is 0.184 e. The molecule has 3 nitrogen and oxygen atoms in total. The molecule has 5 atom stereocenters. The van der Waals surface area contributed by atoms with Gasteiger partial charge in [0.1, 0.15) is 6.10 Å². The molecule has 0 aromatic heterocycles. The number of rotatable bonds is 0. The zero-order chi connectivity index (χ0) is 8.01. The summed E-state index contributed by atoms with van der Waals surface area (Å²) in [7, 11) is 0. The van der Waals surface area contributed by atoms with Crippen molar-refractivity contribution in [3.8, 4) is 0 Å². The highest BCUT2D eigenvalue weighted by Crippen LogP contribution is 2.35. The topological polar surface area (TPSA) is 38.7 Å². The number of aliphatic hydroxyl groups excluding tert-OH is 1. The Morgan fingerprint density at radius 3 is 2.73 bits per heavy atom. The highest BCUT2D eigenvalue weighted by Gasteiger charge is 2.45. The Labute approximate surface area is 66.3 Å². The molecule has 0 saturated carbocycles. The van der Waals surface area contributed by atoms with Crippen molar-refractivity contribution in [3.63, 3.8) is 0 Å². The molecule has 3 heteroatoms. The maximum atomic E-state index is 9.58. The van der Waals surface area contributed by atoms with E-state index in [0.29, 0.717) is 18.4 Å². The first-order valence-corrected chi connectivity index (χ1v) is 4.15. The highest BCUT2D eigenvalue weighted by molar-refractivity contribution is 4.88. The van der Waals surface area contributed by atoms with Crippen molar-refractivity contribution in [1.29, 1.82) is 0 Å². The van der Waals surface area contributed by atoms with Crippen LogP contribution in [0.3, 0.4) is 0 Å². The molecular weight excluding hydrogens is 144 g/mol. The molecule has 0 aromatic rings. The molecule has 2 fully saturated rings. The van der Waals surface area contributed by atoms with Gasteiger partial charge in [-0.05, 0) is 11.8 Å². The summed E-state index contributed by atoms with van der Waals surface area (Å²) >= 11 is 0. The quantitative estimate of drug-likeness (QED) is 0.553. The van der Waals surface area contributed by atoms with Crippen molar-refractivity contribution in [2.45, 2.75) is 32.3 Å². The summed E-state index contributed by atoms with van der Waals surface area (Å²) < 4.78 is 10.7. The van der Waals surface area contributed by atoms with Gasteiger partial charge in [0.05, 0.1) is 12.7 Å². The highest BCUT2D eigenvalue weighted by atomic mass is 16.7. The third-order valence-electron chi connectivity index (χ3n) is 2.97. The molecule has 0 aliphatic carbocycles. The predicted molar refractivity (Wildman–Crippen MR) is 38.9 cm³/mol. The van der Waals surface area contributed by atoms with Crippen molar-refractivity contribution in [2.24, 2.45) is 11.8 Å². The van der Waals surface area contributed by atoms with Crippen LogP contribution in [-0.2, 0) is 9.47 Å². The van der Waals surface area contributed by atoms with Gasteiger partial charge < -0.3 is 14.6 Å². The minimum Gasteiger partial charge on any atom is -0.388 e. The maximum absolute atomic E-state index is 9.58. The Balaban J connectivity index is 2.16. The minimum atomic E-state index is -0.441. The van der Waals surface area contributed by atoms with Crippen LogP contribution in [0.15, 0.2) is 0 Å². The lowest BCUT2D eigenvalue weighted by atomic mass is 9.85. The van der Waals surface area contributed by atoms with Gasteiger partial charge in [-0.2, -0.15) is 0 Å². The lowest BCUT2D eigenvalue weighted by Gasteiger charge is -2.34. The van der Waals surface area contributed by atoms with Gasteiger partial charge >= 0.3 is 0 Å². The Morgan fingerprint density at radius 2 is 2.00 bits per heavy atom. The van der Waals surface area contributed by atoms with E-state index >= 15 is 0 Å². The monoisotopic (exact) mass is 158 g/mol. The van der Waals surface area contributed by atoms with E-state index in [1.54, 1.807) is 0 Å². The maximum Gasteiger partial charge on any atom is 0.184 e. The lowest BCUT2D eigenvalue weighted by Crippen LogP contribution is -2.44. The van der Waals surface area contributed by atoms with Crippen LogP contribution in [0.5, 0.6) is 0 Å². The molecule has 11 heavy (non-hydrogen) atoms. The van der Waals surface area contributed by atoms with E-state index in [1.807, 2.05) is 6.92 Å². The van der Waals surface area contributed by atoms with E-state index in [-0.39, 0.29) is 12.4 Å². The van der Waals surface area contributed by atoms with Gasteiger partial charge in [-0.1, -0.05) is 13.8 Å². The second-order valence-electron chi connectivity index (χ2n) is 3.59. The summed E-state index contributed by atoms with van der Waals surface area (Å²) in [4.78, 5) is 0. The largest absolute Gasteiger partial charge is 0.388 e. The van der Waals surface area contributed by atoms with Gasteiger partial charge in [-0.25, -0.2) is 0 Å². The van der Waals surface area contributed by atoms with Crippen molar-refractivity contribution in [1.82, 2.24) is 0 Å². The number of fused-ring (bicyclic) bond motifs is 2. The first-order valence-electron chi connectivity index (χ1n) is 4.15. The molecule has 2 saturated heterocycles. The first-order chi connectivity index (χ1) is 5.20. The molecule has 0 spiro atoms. The van der Waals surface area contributed by atoms with Gasteiger partial charge in [-0.3, -0.25) is 0 Å². The summed E-state index contributed by atoms with van der Waals surface area (Å²) in [6, 6.07) is 0. The third kappa shape index (κ3) is 0.991. The molecule has 2 aliphatic rings. The molecule has 1 N–H and O–H groups in total. The Bertz CT molecular complexity index is 139. The summed E-state index contributed by atoms with van der Waals surface area (Å²) in [5.41, 5.74) is 0. The van der Waals surface area contributed by atoms with E-state index in [4.69, 9.17) is 9.47 Å². The van der Waals surface area contributed by atoms with E-state index in [0.717, 1.165) is 0 Å². The van der Waals surface area contributed by atoms with E-state index in [2.05, 4.69) is 6.92 Å². The van der Waals surface area contributed by atoms with Gasteiger partial charge in [-0.15, -0.1) is 0 Å². The molecule has 2 unspecified atom stereocenters. The van der Waals surface area contributed by atoms with Gasteiger partial charge in [0.25, 0.3) is 0 Å². The molecule has 2 bridgehead atoms. The Hall–Kier alpha value is -0.120. The molecule has 2 heterocycles. The fraction of sp³-hybridized carbons (Fsp3) is 1.00. The van der Waals surface area contributed by atoms with Crippen molar-refractivity contribution < 1.29 is 14.6 Å². The average Bonchev–Trinajstić information content (AvgIpc) is 2.44. The standard InChI is InChI=1S/C8H14O3/c1-4-5(2)7(9)8-10-3-6(4)11-8/h4-9H,3H2,1-2H3/t4-,5-,6?,7?,8+/m0/s1. The van der Waals surface area contributed by atoms with Crippen LogP contribution in [-0.4, -0.2) is 30.2 Å². The average molecular weight is 158 g/mol. The summed E-state index contributed by atoms with van der Waals surface area (Å²) in [5.74, 6) is 0.699. The molecular formula is C8H14O3. The lowest BCUT2D eigenvalue weighted by molar-refractivity contribution is -0.187. The Kier molecular flexibility index (Phi) is 1.67. The van der Waals surface area contributed by atoms with Gasteiger partial charge in [0, 0.05) is 0 Å². The van der Waals surface area contributed by atoms with Crippen LogP contribution in [0.25, 0.3) is 0 Å². The normalized spacial score (nSPS) is 56.5. The van der Waals surface area contributed by atoms with Crippen molar-refractivity contribution >= 4 is 0 Å². The van der Waals surface area contributed by atoms with Crippen LogP contribution in [0.4, 0.5) is 0 Å². The third-order valence-corrected chi connectivity index (χ3v) is 2.97. The second kappa shape index (κ2) is 2.44. The van der Waals surface area contributed by atoms with Crippen LogP contribution >= 0.6 is 0 Å².